The highest BCUT2D eigenvalue weighted by atomic mass is 15.0. The highest BCUT2D eigenvalue weighted by Gasteiger charge is 2.19. The minimum atomic E-state index is 0.752. The molecule has 0 radical (unpaired) electrons. The average molecular weight is 243 g/mol. The Morgan fingerprint density at radius 3 is 2.89 bits per heavy atom. The number of hydrogen-bond donors (Lipinski definition) is 2. The maximum Gasteiger partial charge on any atom is 0.109 e. The van der Waals surface area contributed by atoms with Crippen LogP contribution in [0.1, 0.15) is 24.4 Å². The largest absolute Gasteiger partial charge is 0.341 e. The number of aromatic nitrogens is 4. The van der Waals surface area contributed by atoms with Crippen molar-refractivity contribution < 1.29 is 0 Å². The molecule has 1 fully saturated rings. The van der Waals surface area contributed by atoms with E-state index in [1.807, 2.05) is 13.1 Å². The van der Waals surface area contributed by atoms with Gasteiger partial charge in [-0.25, -0.2) is 4.98 Å². The Kier molecular flexibility index (Phi) is 3.06. The molecule has 3 rings (SSSR count). The van der Waals surface area contributed by atoms with E-state index in [1.165, 1.54) is 12.8 Å². The molecule has 0 amide bonds. The van der Waals surface area contributed by atoms with E-state index in [0.29, 0.717) is 0 Å². The Labute approximate surface area is 106 Å². The molecule has 5 nitrogen and oxygen atoms in total. The molecule has 5 heteroatoms. The summed E-state index contributed by atoms with van der Waals surface area (Å²) in [6.07, 6.45) is 8.82. The first-order chi connectivity index (χ1) is 8.83. The summed E-state index contributed by atoms with van der Waals surface area (Å²) in [6.45, 7) is 2.94. The van der Waals surface area contributed by atoms with E-state index in [0.717, 1.165) is 41.9 Å². The average Bonchev–Trinajstić information content (AvgIpc) is 3.08. The van der Waals surface area contributed by atoms with Gasteiger partial charge in [-0.2, -0.15) is 0 Å². The standard InChI is InChI=1S/C13H17N5/c1-9-13(16-7-6-14-9)11-8-17-12(18-11)4-5-15-10-2-3-10/h6-8,10,15H,2-5H2,1H3,(H,17,18). The van der Waals surface area contributed by atoms with Gasteiger partial charge in [0, 0.05) is 31.4 Å². The maximum atomic E-state index is 4.39. The molecular weight excluding hydrogens is 226 g/mol. The zero-order valence-electron chi connectivity index (χ0n) is 10.5. The fraction of sp³-hybridized carbons (Fsp3) is 0.462. The fourth-order valence-electron chi connectivity index (χ4n) is 1.96. The zero-order chi connectivity index (χ0) is 12.4. The van der Waals surface area contributed by atoms with Crippen LogP contribution in [0, 0.1) is 6.92 Å². The van der Waals surface area contributed by atoms with Gasteiger partial charge in [0.05, 0.1) is 17.6 Å². The summed E-state index contributed by atoms with van der Waals surface area (Å²) in [5.74, 6) is 1.00. The molecule has 94 valence electrons. The van der Waals surface area contributed by atoms with Crippen LogP contribution in [-0.2, 0) is 6.42 Å². The minimum absolute atomic E-state index is 0.752. The van der Waals surface area contributed by atoms with Gasteiger partial charge in [0.1, 0.15) is 11.5 Å². The third-order valence-corrected chi connectivity index (χ3v) is 3.14. The van der Waals surface area contributed by atoms with E-state index < -0.39 is 0 Å². The Morgan fingerprint density at radius 1 is 1.28 bits per heavy atom. The van der Waals surface area contributed by atoms with Gasteiger partial charge in [-0.05, 0) is 19.8 Å². The molecule has 18 heavy (non-hydrogen) atoms. The van der Waals surface area contributed by atoms with Crippen molar-refractivity contribution in [3.05, 3.63) is 30.1 Å². The second-order valence-electron chi connectivity index (χ2n) is 4.71. The van der Waals surface area contributed by atoms with E-state index in [9.17, 15) is 0 Å². The van der Waals surface area contributed by atoms with Crippen molar-refractivity contribution in [3.8, 4) is 11.4 Å². The van der Waals surface area contributed by atoms with Crippen LogP contribution in [0.5, 0.6) is 0 Å². The van der Waals surface area contributed by atoms with Crippen molar-refractivity contribution in [3.63, 3.8) is 0 Å². The monoisotopic (exact) mass is 243 g/mol. The molecule has 0 bridgehead atoms. The molecule has 0 aliphatic heterocycles. The van der Waals surface area contributed by atoms with Gasteiger partial charge in [-0.1, -0.05) is 0 Å². The van der Waals surface area contributed by atoms with Crippen molar-refractivity contribution >= 4 is 0 Å². The smallest absolute Gasteiger partial charge is 0.109 e. The molecule has 2 heterocycles. The molecule has 1 aliphatic rings. The van der Waals surface area contributed by atoms with Crippen LogP contribution >= 0.6 is 0 Å². The van der Waals surface area contributed by atoms with E-state index in [-0.39, 0.29) is 0 Å². The molecule has 0 saturated heterocycles. The number of hydrogen-bond acceptors (Lipinski definition) is 4. The van der Waals surface area contributed by atoms with E-state index >= 15 is 0 Å². The lowest BCUT2D eigenvalue weighted by molar-refractivity contribution is 0.669. The predicted molar refractivity (Wildman–Crippen MR) is 69.1 cm³/mol. The van der Waals surface area contributed by atoms with Crippen LogP contribution in [0.25, 0.3) is 11.4 Å². The summed E-state index contributed by atoms with van der Waals surface area (Å²) in [7, 11) is 0. The van der Waals surface area contributed by atoms with Crippen LogP contribution in [0.3, 0.4) is 0 Å². The van der Waals surface area contributed by atoms with E-state index in [2.05, 4.69) is 25.3 Å². The Bertz CT molecular complexity index is 530. The summed E-state index contributed by atoms with van der Waals surface area (Å²) >= 11 is 0. The molecule has 1 aliphatic carbocycles. The van der Waals surface area contributed by atoms with Gasteiger partial charge in [-0.15, -0.1) is 0 Å². The molecule has 0 aromatic carbocycles. The predicted octanol–water partition coefficient (Wildman–Crippen LogP) is 1.47. The molecule has 1 saturated carbocycles. The third kappa shape index (κ3) is 2.56. The number of rotatable bonds is 5. The first-order valence-electron chi connectivity index (χ1n) is 6.38. The van der Waals surface area contributed by atoms with E-state index in [4.69, 9.17) is 0 Å². The Balaban J connectivity index is 1.66. The SMILES string of the molecule is Cc1nccnc1-c1cnc(CCNC2CC2)[nH]1. The first kappa shape index (κ1) is 11.3. The first-order valence-corrected chi connectivity index (χ1v) is 6.38. The van der Waals surface area contributed by atoms with Crippen molar-refractivity contribution in [1.82, 2.24) is 25.3 Å². The van der Waals surface area contributed by atoms with Crippen molar-refractivity contribution in [2.75, 3.05) is 6.54 Å². The molecule has 2 aromatic heterocycles. The van der Waals surface area contributed by atoms with Gasteiger partial charge in [0.15, 0.2) is 0 Å². The third-order valence-electron chi connectivity index (χ3n) is 3.14. The van der Waals surface area contributed by atoms with Crippen LogP contribution < -0.4 is 5.32 Å². The van der Waals surface area contributed by atoms with Gasteiger partial charge < -0.3 is 10.3 Å². The van der Waals surface area contributed by atoms with Gasteiger partial charge in [0.2, 0.25) is 0 Å². The summed E-state index contributed by atoms with van der Waals surface area (Å²) in [6, 6.07) is 0.752. The number of nitrogens with zero attached hydrogens (tertiary/aromatic N) is 3. The molecule has 0 unspecified atom stereocenters. The topological polar surface area (TPSA) is 66.5 Å². The maximum absolute atomic E-state index is 4.39. The van der Waals surface area contributed by atoms with Crippen LogP contribution in [0.2, 0.25) is 0 Å². The van der Waals surface area contributed by atoms with Crippen LogP contribution in [-0.4, -0.2) is 32.5 Å². The number of imidazole rings is 1. The molecule has 2 N–H and O–H groups in total. The highest BCUT2D eigenvalue weighted by Crippen LogP contribution is 2.19. The van der Waals surface area contributed by atoms with Crippen LogP contribution in [0.15, 0.2) is 18.6 Å². The van der Waals surface area contributed by atoms with Crippen LogP contribution in [0.4, 0.5) is 0 Å². The highest BCUT2D eigenvalue weighted by molar-refractivity contribution is 5.55. The number of nitrogens with one attached hydrogen (secondary N) is 2. The molecule has 0 spiro atoms. The number of H-pyrrole nitrogens is 1. The quantitative estimate of drug-likeness (QED) is 0.834. The number of aryl methyl sites for hydroxylation is 1. The van der Waals surface area contributed by atoms with Gasteiger partial charge in [0.25, 0.3) is 0 Å². The minimum Gasteiger partial charge on any atom is -0.341 e. The summed E-state index contributed by atoms with van der Waals surface area (Å²) < 4.78 is 0. The van der Waals surface area contributed by atoms with Crippen molar-refractivity contribution in [2.24, 2.45) is 0 Å². The molecular formula is C13H17N5. The normalized spacial score (nSPS) is 14.9. The number of aromatic amines is 1. The Morgan fingerprint density at radius 2 is 2.11 bits per heavy atom. The molecule has 0 atom stereocenters. The lowest BCUT2D eigenvalue weighted by atomic mass is 10.2. The molecule has 2 aromatic rings. The zero-order valence-corrected chi connectivity index (χ0v) is 10.5. The summed E-state index contributed by atoms with van der Waals surface area (Å²) in [5, 5.41) is 3.48. The summed E-state index contributed by atoms with van der Waals surface area (Å²) in [4.78, 5) is 16.3. The van der Waals surface area contributed by atoms with E-state index in [1.54, 1.807) is 12.4 Å². The van der Waals surface area contributed by atoms with Gasteiger partial charge >= 0.3 is 0 Å². The fourth-order valence-corrected chi connectivity index (χ4v) is 1.96. The lowest BCUT2D eigenvalue weighted by Crippen LogP contribution is -2.19. The second-order valence-corrected chi connectivity index (χ2v) is 4.71. The summed E-state index contributed by atoms with van der Waals surface area (Å²) in [5.41, 5.74) is 2.75. The van der Waals surface area contributed by atoms with Crippen molar-refractivity contribution in [2.45, 2.75) is 32.2 Å². The second kappa shape index (κ2) is 4.86. The van der Waals surface area contributed by atoms with Crippen molar-refractivity contribution in [1.29, 1.82) is 0 Å². The lowest BCUT2D eigenvalue weighted by Gasteiger charge is -2.01. The Hall–Kier alpha value is -1.75. The van der Waals surface area contributed by atoms with Gasteiger partial charge in [-0.3, -0.25) is 9.97 Å².